The van der Waals surface area contributed by atoms with Crippen molar-refractivity contribution in [3.63, 3.8) is 0 Å². The van der Waals surface area contributed by atoms with E-state index in [0.717, 1.165) is 30.5 Å². The topological polar surface area (TPSA) is 29.1 Å². The number of carbonyl (C=O) groups excluding carboxylic acids is 1. The first-order chi connectivity index (χ1) is 8.00. The van der Waals surface area contributed by atoms with Crippen LogP contribution in [0.25, 0.3) is 0 Å². The number of benzene rings is 1. The number of alkyl halides is 1. The first kappa shape index (κ1) is 14.2. The molecule has 0 aliphatic heterocycles. The van der Waals surface area contributed by atoms with Crippen LogP contribution in [-0.2, 0) is 0 Å². The molecule has 0 heterocycles. The van der Waals surface area contributed by atoms with E-state index in [1.54, 1.807) is 0 Å². The van der Waals surface area contributed by atoms with Gasteiger partial charge in [0.1, 0.15) is 0 Å². The van der Waals surface area contributed by atoms with E-state index in [0.29, 0.717) is 4.83 Å². The number of hydrogen-bond donors (Lipinski definition) is 1. The molecule has 3 heteroatoms. The molecule has 1 unspecified atom stereocenters. The second kappa shape index (κ2) is 6.80. The second-order valence-electron chi connectivity index (χ2n) is 4.50. The van der Waals surface area contributed by atoms with E-state index < -0.39 is 0 Å². The number of halogens is 1. The van der Waals surface area contributed by atoms with Gasteiger partial charge in [-0.05, 0) is 38.3 Å². The lowest BCUT2D eigenvalue weighted by molar-refractivity contribution is 0.0952. The first-order valence-corrected chi connectivity index (χ1v) is 6.92. The molecule has 0 aliphatic carbocycles. The summed E-state index contributed by atoms with van der Waals surface area (Å²) >= 11 is 3.49. The lowest BCUT2D eigenvalue weighted by Crippen LogP contribution is -2.25. The maximum Gasteiger partial charge on any atom is 0.251 e. The molecule has 0 aromatic heterocycles. The Morgan fingerprint density at radius 1 is 1.41 bits per heavy atom. The Morgan fingerprint density at radius 2 is 2.12 bits per heavy atom. The number of hydrogen-bond acceptors (Lipinski definition) is 1. The molecule has 0 radical (unpaired) electrons. The van der Waals surface area contributed by atoms with Crippen LogP contribution >= 0.6 is 15.9 Å². The molecule has 1 rings (SSSR count). The Labute approximate surface area is 112 Å². The second-order valence-corrected chi connectivity index (χ2v) is 6.06. The van der Waals surface area contributed by atoms with Gasteiger partial charge in [-0.25, -0.2) is 0 Å². The van der Waals surface area contributed by atoms with Gasteiger partial charge < -0.3 is 5.32 Å². The van der Waals surface area contributed by atoms with Gasteiger partial charge in [-0.15, -0.1) is 0 Å². The van der Waals surface area contributed by atoms with Crippen molar-refractivity contribution >= 4 is 21.8 Å². The molecule has 94 valence electrons. The highest BCUT2D eigenvalue weighted by Gasteiger charge is 2.07. The van der Waals surface area contributed by atoms with Crippen molar-refractivity contribution < 1.29 is 4.79 Å². The summed E-state index contributed by atoms with van der Waals surface area (Å²) in [5.74, 6) is 0.0322. The molecule has 1 N–H and O–H groups in total. The van der Waals surface area contributed by atoms with E-state index >= 15 is 0 Å². The SMILES string of the molecule is Cc1ccc(C(=O)NCCCC(C)Br)c(C)c1. The largest absolute Gasteiger partial charge is 0.352 e. The molecule has 0 spiro atoms. The summed E-state index contributed by atoms with van der Waals surface area (Å²) in [6.07, 6.45) is 2.08. The van der Waals surface area contributed by atoms with E-state index in [2.05, 4.69) is 28.2 Å². The van der Waals surface area contributed by atoms with Crippen LogP contribution in [0.4, 0.5) is 0 Å². The Kier molecular flexibility index (Phi) is 5.69. The third-order valence-electron chi connectivity index (χ3n) is 2.69. The molecule has 1 atom stereocenters. The van der Waals surface area contributed by atoms with Crippen molar-refractivity contribution in [1.82, 2.24) is 5.32 Å². The molecule has 0 saturated carbocycles. The van der Waals surface area contributed by atoms with Crippen LogP contribution in [-0.4, -0.2) is 17.3 Å². The van der Waals surface area contributed by atoms with Gasteiger partial charge >= 0.3 is 0 Å². The van der Waals surface area contributed by atoms with Gasteiger partial charge in [0.25, 0.3) is 5.91 Å². The third kappa shape index (κ3) is 4.90. The highest BCUT2D eigenvalue weighted by Crippen LogP contribution is 2.10. The van der Waals surface area contributed by atoms with Crippen LogP contribution in [0.1, 0.15) is 41.3 Å². The van der Waals surface area contributed by atoms with Crippen molar-refractivity contribution in [3.8, 4) is 0 Å². The monoisotopic (exact) mass is 297 g/mol. The normalized spacial score (nSPS) is 12.2. The summed E-state index contributed by atoms with van der Waals surface area (Å²) < 4.78 is 0. The van der Waals surface area contributed by atoms with Gasteiger partial charge in [0.05, 0.1) is 0 Å². The highest BCUT2D eigenvalue weighted by atomic mass is 79.9. The molecule has 1 aromatic rings. The summed E-state index contributed by atoms with van der Waals surface area (Å²) in [6, 6.07) is 5.91. The van der Waals surface area contributed by atoms with Crippen molar-refractivity contribution in [2.24, 2.45) is 0 Å². The van der Waals surface area contributed by atoms with Gasteiger partial charge in [0.2, 0.25) is 0 Å². The van der Waals surface area contributed by atoms with Crippen LogP contribution in [0.3, 0.4) is 0 Å². The molecule has 0 saturated heterocycles. The average molecular weight is 298 g/mol. The fraction of sp³-hybridized carbons (Fsp3) is 0.500. The number of rotatable bonds is 5. The van der Waals surface area contributed by atoms with Crippen LogP contribution < -0.4 is 5.32 Å². The van der Waals surface area contributed by atoms with Crippen molar-refractivity contribution in [1.29, 1.82) is 0 Å². The molecule has 17 heavy (non-hydrogen) atoms. The maximum absolute atomic E-state index is 11.9. The quantitative estimate of drug-likeness (QED) is 0.653. The molecule has 0 bridgehead atoms. The maximum atomic E-state index is 11.9. The van der Waals surface area contributed by atoms with E-state index in [9.17, 15) is 4.79 Å². The highest BCUT2D eigenvalue weighted by molar-refractivity contribution is 9.09. The molecule has 2 nitrogen and oxygen atoms in total. The van der Waals surface area contributed by atoms with Gasteiger partial charge in [0.15, 0.2) is 0 Å². The third-order valence-corrected chi connectivity index (χ3v) is 3.15. The lowest BCUT2D eigenvalue weighted by Gasteiger charge is -2.08. The Balaban J connectivity index is 2.47. The fourth-order valence-electron chi connectivity index (χ4n) is 1.75. The van der Waals surface area contributed by atoms with Crippen LogP contribution in [0.15, 0.2) is 18.2 Å². The van der Waals surface area contributed by atoms with Crippen molar-refractivity contribution in [2.75, 3.05) is 6.54 Å². The number of amides is 1. The number of aryl methyl sites for hydroxylation is 2. The molecule has 0 fully saturated rings. The zero-order valence-corrected chi connectivity index (χ0v) is 12.3. The van der Waals surface area contributed by atoms with E-state index in [-0.39, 0.29) is 5.91 Å². The minimum atomic E-state index is 0.0322. The number of carbonyl (C=O) groups is 1. The Hall–Kier alpha value is -0.830. The summed E-state index contributed by atoms with van der Waals surface area (Å²) in [5.41, 5.74) is 3.01. The summed E-state index contributed by atoms with van der Waals surface area (Å²) in [5, 5.41) is 2.95. The predicted molar refractivity (Wildman–Crippen MR) is 75.9 cm³/mol. The van der Waals surface area contributed by atoms with E-state index in [1.165, 1.54) is 5.56 Å². The zero-order chi connectivity index (χ0) is 12.8. The fourth-order valence-corrected chi connectivity index (χ4v) is 2.07. The van der Waals surface area contributed by atoms with E-state index in [1.807, 2.05) is 32.0 Å². The van der Waals surface area contributed by atoms with Crippen molar-refractivity contribution in [2.45, 2.75) is 38.4 Å². The molecular weight excluding hydrogens is 278 g/mol. The predicted octanol–water partition coefficient (Wildman–Crippen LogP) is 3.60. The molecule has 1 amide bonds. The molecule has 1 aromatic carbocycles. The lowest BCUT2D eigenvalue weighted by atomic mass is 10.1. The minimum absolute atomic E-state index is 0.0322. The van der Waals surface area contributed by atoms with Gasteiger partial charge in [0, 0.05) is 16.9 Å². The average Bonchev–Trinajstić information content (AvgIpc) is 2.23. The first-order valence-electron chi connectivity index (χ1n) is 6.00. The number of nitrogens with one attached hydrogen (secondary N) is 1. The summed E-state index contributed by atoms with van der Waals surface area (Å²) in [7, 11) is 0. The van der Waals surface area contributed by atoms with Gasteiger partial charge in [-0.2, -0.15) is 0 Å². The Morgan fingerprint density at radius 3 is 2.71 bits per heavy atom. The van der Waals surface area contributed by atoms with Crippen LogP contribution in [0.5, 0.6) is 0 Å². The minimum Gasteiger partial charge on any atom is -0.352 e. The van der Waals surface area contributed by atoms with Crippen molar-refractivity contribution in [3.05, 3.63) is 34.9 Å². The van der Waals surface area contributed by atoms with Crippen LogP contribution in [0, 0.1) is 13.8 Å². The molecule has 0 aliphatic rings. The van der Waals surface area contributed by atoms with E-state index in [4.69, 9.17) is 0 Å². The zero-order valence-electron chi connectivity index (χ0n) is 10.7. The van der Waals surface area contributed by atoms with Gasteiger partial charge in [-0.3, -0.25) is 4.79 Å². The van der Waals surface area contributed by atoms with Gasteiger partial charge in [-0.1, -0.05) is 40.5 Å². The molecular formula is C14H20BrNO. The summed E-state index contributed by atoms with van der Waals surface area (Å²) in [6.45, 7) is 6.86. The van der Waals surface area contributed by atoms with Crippen LogP contribution in [0.2, 0.25) is 0 Å². The Bertz CT molecular complexity index is 388. The smallest absolute Gasteiger partial charge is 0.251 e. The standard InChI is InChI=1S/C14H20BrNO/c1-10-6-7-13(11(2)9-10)14(17)16-8-4-5-12(3)15/h6-7,9,12H,4-5,8H2,1-3H3,(H,16,17). The summed E-state index contributed by atoms with van der Waals surface area (Å²) in [4.78, 5) is 12.4.